The van der Waals surface area contributed by atoms with Crippen LogP contribution in [0, 0.1) is 13.8 Å². The van der Waals surface area contributed by atoms with Crippen LogP contribution in [0.3, 0.4) is 0 Å². The second kappa shape index (κ2) is 18.2. The number of carboxylic acids is 1. The summed E-state index contributed by atoms with van der Waals surface area (Å²) in [6.07, 6.45) is 2.31. The van der Waals surface area contributed by atoms with E-state index in [1.807, 2.05) is 72.7 Å². The molecular formula is C57H64N2O8. The van der Waals surface area contributed by atoms with Crippen molar-refractivity contribution in [2.24, 2.45) is 0 Å². The number of rotatable bonds is 8. The quantitative estimate of drug-likeness (QED) is 0.127. The topological polar surface area (TPSA) is 125 Å². The number of carboxylic acid groups (broad SMARTS) is 1. The van der Waals surface area contributed by atoms with E-state index in [9.17, 15) is 14.7 Å². The predicted octanol–water partition coefficient (Wildman–Crippen LogP) is 13.0. The van der Waals surface area contributed by atoms with Gasteiger partial charge in [0.15, 0.2) is 12.2 Å². The Kier molecular flexibility index (Phi) is 12.5. The lowest BCUT2D eigenvalue weighted by molar-refractivity contribution is -0.164. The number of fused-ring (bicyclic) bond motifs is 2. The Morgan fingerprint density at radius 2 is 1.06 bits per heavy atom. The van der Waals surface area contributed by atoms with E-state index in [2.05, 4.69) is 78.2 Å². The summed E-state index contributed by atoms with van der Waals surface area (Å²) in [4.78, 5) is 25.7. The van der Waals surface area contributed by atoms with Crippen molar-refractivity contribution in [2.75, 3.05) is 44.0 Å². The highest BCUT2D eigenvalue weighted by Crippen LogP contribution is 2.53. The Hall–Kier alpha value is -6.10. The standard InChI is InChI=1S/C29H33NO4.C28H31NO4/c1-17-16-19-8-6-7-9-20(19)25(23(17)27(28(31)32-5)34-29(2,3)4)21-10-11-22-24-18(13-15-33-22)12-14-30-26(21)24;1-16-15-18-7-5-6-8-19(18)24(22(16)26(27(30)31)33-28(2,3)4)20-9-10-21-23-17(12-14-32-21)11-13-29-25(20)23/h6-11,16,18,27,30H,12-15H2,1-5H3;5-10,15,17,26,29H,11-14H2,1-4H3,(H,30,31)/t18?,27-;17?,26-/m00/s1. The molecule has 0 bridgehead atoms. The highest BCUT2D eigenvalue weighted by atomic mass is 16.6. The number of aryl methyl sites for hydroxylation is 2. The average molecular weight is 905 g/mol. The Labute approximate surface area is 394 Å². The Bertz CT molecular complexity index is 2890. The number of aliphatic carboxylic acids is 1. The molecule has 4 atom stereocenters. The van der Waals surface area contributed by atoms with E-state index in [0.29, 0.717) is 17.4 Å². The summed E-state index contributed by atoms with van der Waals surface area (Å²) in [6, 6.07) is 29.1. The zero-order valence-corrected chi connectivity index (χ0v) is 40.4. The van der Waals surface area contributed by atoms with Crippen LogP contribution in [0.5, 0.6) is 11.5 Å². The fourth-order valence-electron chi connectivity index (χ4n) is 10.8. The van der Waals surface area contributed by atoms with Gasteiger partial charge in [-0.2, -0.15) is 0 Å². The van der Waals surface area contributed by atoms with Gasteiger partial charge in [0.05, 0.1) is 31.5 Å². The highest BCUT2D eigenvalue weighted by molar-refractivity contribution is 6.06. The number of carbonyl (C=O) groups is 2. The van der Waals surface area contributed by atoms with Crippen LogP contribution in [-0.2, 0) is 23.8 Å². The molecule has 10 rings (SSSR count). The lowest BCUT2D eigenvalue weighted by atomic mass is 9.81. The van der Waals surface area contributed by atoms with Crippen LogP contribution in [0.2, 0.25) is 0 Å². The first-order valence-electron chi connectivity index (χ1n) is 23.8. The molecule has 6 aromatic rings. The van der Waals surface area contributed by atoms with Crippen molar-refractivity contribution in [3.8, 4) is 33.8 Å². The number of ether oxygens (including phenoxy) is 5. The van der Waals surface area contributed by atoms with Gasteiger partial charge in [-0.25, -0.2) is 9.59 Å². The third-order valence-corrected chi connectivity index (χ3v) is 13.5. The van der Waals surface area contributed by atoms with E-state index in [1.54, 1.807) is 0 Å². The van der Waals surface area contributed by atoms with Crippen LogP contribution in [-0.4, -0.2) is 61.7 Å². The fourth-order valence-corrected chi connectivity index (χ4v) is 10.8. The molecule has 0 aromatic heterocycles. The molecule has 4 aliphatic heterocycles. The Balaban J connectivity index is 0.000000168. The van der Waals surface area contributed by atoms with Crippen molar-refractivity contribution in [3.63, 3.8) is 0 Å². The largest absolute Gasteiger partial charge is 0.493 e. The van der Waals surface area contributed by atoms with Gasteiger partial charge in [0, 0.05) is 57.8 Å². The second-order valence-electron chi connectivity index (χ2n) is 20.4. The lowest BCUT2D eigenvalue weighted by Gasteiger charge is -2.35. The molecule has 0 aliphatic carbocycles. The molecule has 67 heavy (non-hydrogen) atoms. The van der Waals surface area contributed by atoms with Crippen molar-refractivity contribution in [2.45, 2.75) is 116 Å². The number of carbonyl (C=O) groups excluding carboxylic acids is 1. The normalized spacial score (nSPS) is 18.1. The van der Waals surface area contributed by atoms with Gasteiger partial charge < -0.3 is 39.4 Å². The number of hydrogen-bond donors (Lipinski definition) is 3. The molecule has 10 heteroatoms. The minimum Gasteiger partial charge on any atom is -0.493 e. The van der Waals surface area contributed by atoms with Gasteiger partial charge in [0.25, 0.3) is 0 Å². The van der Waals surface area contributed by atoms with Crippen LogP contribution in [0.4, 0.5) is 11.4 Å². The zero-order chi connectivity index (χ0) is 47.4. The average Bonchev–Trinajstić information content (AvgIpc) is 3.29. The second-order valence-corrected chi connectivity index (χ2v) is 20.4. The molecule has 350 valence electrons. The van der Waals surface area contributed by atoms with Gasteiger partial charge >= 0.3 is 11.9 Å². The molecule has 6 aromatic carbocycles. The van der Waals surface area contributed by atoms with E-state index >= 15 is 0 Å². The number of hydrogen-bond acceptors (Lipinski definition) is 9. The molecule has 0 radical (unpaired) electrons. The monoisotopic (exact) mass is 904 g/mol. The van der Waals surface area contributed by atoms with Gasteiger partial charge in [-0.3, -0.25) is 0 Å². The number of methoxy groups -OCH3 is 1. The van der Waals surface area contributed by atoms with E-state index in [4.69, 9.17) is 23.7 Å². The number of esters is 1. The molecule has 0 spiro atoms. The molecule has 0 saturated carbocycles. The van der Waals surface area contributed by atoms with Crippen LogP contribution >= 0.6 is 0 Å². The summed E-state index contributed by atoms with van der Waals surface area (Å²) in [5, 5.41) is 21.9. The lowest BCUT2D eigenvalue weighted by Crippen LogP contribution is -2.29. The predicted molar refractivity (Wildman–Crippen MR) is 267 cm³/mol. The van der Waals surface area contributed by atoms with Crippen molar-refractivity contribution in [3.05, 3.63) is 118 Å². The third-order valence-electron chi connectivity index (χ3n) is 13.5. The summed E-state index contributed by atoms with van der Waals surface area (Å²) >= 11 is 0. The van der Waals surface area contributed by atoms with E-state index < -0.39 is 35.3 Å². The fraction of sp³-hybridized carbons (Fsp3) is 0.404. The molecule has 10 nitrogen and oxygen atoms in total. The summed E-state index contributed by atoms with van der Waals surface area (Å²) in [5.74, 6) is 1.49. The summed E-state index contributed by atoms with van der Waals surface area (Å²) in [5.41, 5.74) is 11.1. The van der Waals surface area contributed by atoms with Crippen LogP contribution < -0.4 is 20.1 Å². The first-order chi connectivity index (χ1) is 32.0. The molecule has 0 amide bonds. The van der Waals surface area contributed by atoms with Crippen LogP contribution in [0.15, 0.2) is 84.9 Å². The minimum atomic E-state index is -1.08. The van der Waals surface area contributed by atoms with Crippen molar-refractivity contribution < 1.29 is 38.4 Å². The number of nitrogens with one attached hydrogen (secondary N) is 2. The molecule has 4 heterocycles. The Morgan fingerprint density at radius 3 is 1.49 bits per heavy atom. The van der Waals surface area contributed by atoms with E-state index in [0.717, 1.165) is 135 Å². The summed E-state index contributed by atoms with van der Waals surface area (Å²) in [7, 11) is 1.42. The Morgan fingerprint density at radius 1 is 0.627 bits per heavy atom. The summed E-state index contributed by atoms with van der Waals surface area (Å²) < 4.78 is 29.8. The first kappa shape index (κ1) is 46.0. The maximum Gasteiger partial charge on any atom is 0.339 e. The smallest absolute Gasteiger partial charge is 0.339 e. The van der Waals surface area contributed by atoms with Crippen molar-refractivity contribution >= 4 is 44.9 Å². The molecule has 0 saturated heterocycles. The number of anilines is 2. The third kappa shape index (κ3) is 8.94. The van der Waals surface area contributed by atoms with Gasteiger partial charge in [0.1, 0.15) is 11.5 Å². The number of benzene rings is 6. The van der Waals surface area contributed by atoms with E-state index in [1.165, 1.54) is 18.2 Å². The highest BCUT2D eigenvalue weighted by Gasteiger charge is 2.37. The van der Waals surface area contributed by atoms with Gasteiger partial charge in [-0.15, -0.1) is 0 Å². The van der Waals surface area contributed by atoms with Gasteiger partial charge in [0.2, 0.25) is 0 Å². The van der Waals surface area contributed by atoms with Crippen LogP contribution in [0.1, 0.15) is 125 Å². The summed E-state index contributed by atoms with van der Waals surface area (Å²) in [6.45, 7) is 18.9. The van der Waals surface area contributed by atoms with E-state index in [-0.39, 0.29) is 0 Å². The SMILES string of the molecule is COC(=O)[C@@H](OC(C)(C)C)c1c(C)cc2ccccc2c1-c1ccc2c3c1NCCC3CCO2.Cc1cc2ccccc2c(-c2ccc3c4c2NCCC4CCO3)c1[C@H](OC(C)(C)C)C(=O)O. The van der Waals surface area contributed by atoms with Gasteiger partial charge in [-0.05, 0) is 161 Å². The molecular weight excluding hydrogens is 841 g/mol. The van der Waals surface area contributed by atoms with Gasteiger partial charge in [-0.1, -0.05) is 60.7 Å². The molecule has 0 fully saturated rings. The molecule has 4 aliphatic rings. The molecule has 3 N–H and O–H groups in total. The maximum atomic E-state index is 13.1. The molecule has 2 unspecified atom stereocenters. The van der Waals surface area contributed by atoms with Crippen molar-refractivity contribution in [1.29, 1.82) is 0 Å². The minimum absolute atomic E-state index is 0.393. The van der Waals surface area contributed by atoms with Crippen molar-refractivity contribution in [1.82, 2.24) is 0 Å². The van der Waals surface area contributed by atoms with Crippen LogP contribution in [0.25, 0.3) is 43.8 Å². The zero-order valence-electron chi connectivity index (χ0n) is 40.4. The first-order valence-corrected chi connectivity index (χ1v) is 23.8. The maximum absolute atomic E-state index is 13.1.